The third kappa shape index (κ3) is 3.66. The molecule has 0 aliphatic rings. The van der Waals surface area contributed by atoms with Crippen LogP contribution in [0, 0.1) is 0 Å². The lowest BCUT2D eigenvalue weighted by molar-refractivity contribution is 0.415. The maximum absolute atomic E-state index is 5.45. The zero-order valence-electron chi connectivity index (χ0n) is 11.0. The van der Waals surface area contributed by atoms with Crippen LogP contribution in [-0.2, 0) is 0 Å². The van der Waals surface area contributed by atoms with Gasteiger partial charge in [-0.25, -0.2) is 9.97 Å². The van der Waals surface area contributed by atoms with E-state index in [9.17, 15) is 0 Å². The summed E-state index contributed by atoms with van der Waals surface area (Å²) in [4.78, 5) is 8.65. The maximum Gasteiger partial charge on any atom is 0.223 e. The average molecular weight is 258 g/mol. The van der Waals surface area contributed by atoms with Gasteiger partial charge in [-0.1, -0.05) is 0 Å². The summed E-state index contributed by atoms with van der Waals surface area (Å²) in [5.41, 5.74) is 7.36. The van der Waals surface area contributed by atoms with E-state index in [0.717, 1.165) is 30.0 Å². The number of hydrogen-bond donors (Lipinski definition) is 2. The summed E-state index contributed by atoms with van der Waals surface area (Å²) in [5, 5.41) is 3.15. The van der Waals surface area contributed by atoms with Crippen molar-refractivity contribution in [2.24, 2.45) is 5.73 Å². The van der Waals surface area contributed by atoms with Crippen LogP contribution in [0.4, 0.5) is 5.95 Å². The molecule has 100 valence electrons. The molecule has 0 radical (unpaired) electrons. The molecule has 1 aromatic carbocycles. The van der Waals surface area contributed by atoms with E-state index in [2.05, 4.69) is 15.3 Å². The number of nitrogens with zero attached hydrogens (tertiary/aromatic N) is 2. The molecule has 2 rings (SSSR count). The summed E-state index contributed by atoms with van der Waals surface area (Å²) in [6.07, 6.45) is 2.65. The molecule has 1 aromatic heterocycles. The first-order chi connectivity index (χ1) is 9.33. The molecule has 0 saturated carbocycles. The molecule has 5 nitrogen and oxygen atoms in total. The van der Waals surface area contributed by atoms with E-state index in [-0.39, 0.29) is 0 Å². The van der Waals surface area contributed by atoms with Crippen LogP contribution >= 0.6 is 0 Å². The Morgan fingerprint density at radius 1 is 1.21 bits per heavy atom. The fourth-order valence-electron chi connectivity index (χ4n) is 1.67. The molecule has 0 atom stereocenters. The number of aromatic nitrogens is 2. The van der Waals surface area contributed by atoms with Crippen molar-refractivity contribution < 1.29 is 4.74 Å². The lowest BCUT2D eigenvalue weighted by atomic mass is 10.1. The minimum atomic E-state index is 0.627. The van der Waals surface area contributed by atoms with Crippen LogP contribution in [0.3, 0.4) is 0 Å². The van der Waals surface area contributed by atoms with E-state index in [1.807, 2.05) is 30.3 Å². The molecule has 0 aliphatic heterocycles. The highest BCUT2D eigenvalue weighted by molar-refractivity contribution is 5.60. The SMILES string of the molecule is COc1ccc(-c2ccnc(NCCCN)n2)cc1. The third-order valence-corrected chi connectivity index (χ3v) is 2.71. The van der Waals surface area contributed by atoms with Crippen LogP contribution in [0.2, 0.25) is 0 Å². The standard InChI is InChI=1S/C14H18N4O/c1-19-12-5-3-11(4-6-12)13-7-10-17-14(18-13)16-9-2-8-15/h3-7,10H,2,8-9,15H2,1H3,(H,16,17,18). The highest BCUT2D eigenvalue weighted by atomic mass is 16.5. The Hall–Kier alpha value is -2.14. The molecule has 1 heterocycles. The number of benzene rings is 1. The Labute approximate surface area is 112 Å². The molecular weight excluding hydrogens is 240 g/mol. The smallest absolute Gasteiger partial charge is 0.223 e. The van der Waals surface area contributed by atoms with Crippen LogP contribution in [0.5, 0.6) is 5.75 Å². The molecule has 5 heteroatoms. The molecular formula is C14H18N4O. The predicted molar refractivity (Wildman–Crippen MR) is 76.2 cm³/mol. The third-order valence-electron chi connectivity index (χ3n) is 2.71. The van der Waals surface area contributed by atoms with E-state index < -0.39 is 0 Å². The first-order valence-corrected chi connectivity index (χ1v) is 6.25. The molecule has 0 bridgehead atoms. The minimum Gasteiger partial charge on any atom is -0.497 e. The number of methoxy groups -OCH3 is 1. The molecule has 3 N–H and O–H groups in total. The molecule has 0 fully saturated rings. The summed E-state index contributed by atoms with van der Waals surface area (Å²) in [6.45, 7) is 1.44. The zero-order chi connectivity index (χ0) is 13.5. The second-order valence-corrected chi connectivity index (χ2v) is 4.06. The van der Waals surface area contributed by atoms with E-state index >= 15 is 0 Å². The summed E-state index contributed by atoms with van der Waals surface area (Å²) < 4.78 is 5.14. The molecule has 19 heavy (non-hydrogen) atoms. The molecule has 2 aromatic rings. The monoisotopic (exact) mass is 258 g/mol. The number of hydrogen-bond acceptors (Lipinski definition) is 5. The van der Waals surface area contributed by atoms with E-state index in [1.54, 1.807) is 13.3 Å². The fraction of sp³-hybridized carbons (Fsp3) is 0.286. The lowest BCUT2D eigenvalue weighted by Crippen LogP contribution is -2.10. The highest BCUT2D eigenvalue weighted by Crippen LogP contribution is 2.20. The van der Waals surface area contributed by atoms with Gasteiger partial charge in [0, 0.05) is 18.3 Å². The van der Waals surface area contributed by atoms with Crippen LogP contribution < -0.4 is 15.8 Å². The zero-order valence-corrected chi connectivity index (χ0v) is 11.0. The van der Waals surface area contributed by atoms with Crippen molar-refractivity contribution in [3.63, 3.8) is 0 Å². The topological polar surface area (TPSA) is 73.1 Å². The number of ether oxygens (including phenoxy) is 1. The van der Waals surface area contributed by atoms with Gasteiger partial charge in [0.1, 0.15) is 5.75 Å². The van der Waals surface area contributed by atoms with Crippen molar-refractivity contribution in [3.05, 3.63) is 36.5 Å². The number of nitrogens with two attached hydrogens (primary N) is 1. The Bertz CT molecular complexity index is 513. The van der Waals surface area contributed by atoms with Crippen LogP contribution in [0.1, 0.15) is 6.42 Å². The number of anilines is 1. The van der Waals surface area contributed by atoms with E-state index in [4.69, 9.17) is 10.5 Å². The number of rotatable bonds is 6. The normalized spacial score (nSPS) is 10.2. The van der Waals surface area contributed by atoms with Gasteiger partial charge in [0.15, 0.2) is 0 Å². The van der Waals surface area contributed by atoms with Crippen LogP contribution in [0.25, 0.3) is 11.3 Å². The van der Waals surface area contributed by atoms with Crippen molar-refractivity contribution >= 4 is 5.95 Å². The Balaban J connectivity index is 2.12. The van der Waals surface area contributed by atoms with Crippen molar-refractivity contribution in [1.29, 1.82) is 0 Å². The molecule has 0 saturated heterocycles. The second-order valence-electron chi connectivity index (χ2n) is 4.06. The van der Waals surface area contributed by atoms with Gasteiger partial charge in [0.25, 0.3) is 0 Å². The Morgan fingerprint density at radius 2 is 2.00 bits per heavy atom. The number of nitrogens with one attached hydrogen (secondary N) is 1. The van der Waals surface area contributed by atoms with Crippen LogP contribution in [0.15, 0.2) is 36.5 Å². The van der Waals surface area contributed by atoms with Crippen molar-refractivity contribution in [3.8, 4) is 17.0 Å². The van der Waals surface area contributed by atoms with Gasteiger partial charge in [-0.2, -0.15) is 0 Å². The summed E-state index contributed by atoms with van der Waals surface area (Å²) in [5.74, 6) is 1.46. The van der Waals surface area contributed by atoms with E-state index in [1.165, 1.54) is 0 Å². The van der Waals surface area contributed by atoms with Crippen molar-refractivity contribution in [1.82, 2.24) is 9.97 Å². The molecule has 0 unspecified atom stereocenters. The van der Waals surface area contributed by atoms with Gasteiger partial charge < -0.3 is 15.8 Å². The van der Waals surface area contributed by atoms with Gasteiger partial charge in [-0.15, -0.1) is 0 Å². The molecule has 0 spiro atoms. The Morgan fingerprint density at radius 3 is 2.68 bits per heavy atom. The second kappa shape index (κ2) is 6.70. The molecule has 0 aliphatic carbocycles. The first-order valence-electron chi connectivity index (χ1n) is 6.25. The van der Waals surface area contributed by atoms with Crippen molar-refractivity contribution in [2.75, 3.05) is 25.5 Å². The van der Waals surface area contributed by atoms with Gasteiger partial charge in [-0.3, -0.25) is 0 Å². The largest absolute Gasteiger partial charge is 0.497 e. The van der Waals surface area contributed by atoms with E-state index in [0.29, 0.717) is 12.5 Å². The van der Waals surface area contributed by atoms with Gasteiger partial charge in [-0.05, 0) is 43.3 Å². The fourth-order valence-corrected chi connectivity index (χ4v) is 1.67. The minimum absolute atomic E-state index is 0.627. The summed E-state index contributed by atoms with van der Waals surface area (Å²) in [7, 11) is 1.65. The quantitative estimate of drug-likeness (QED) is 0.774. The van der Waals surface area contributed by atoms with Gasteiger partial charge in [0.2, 0.25) is 5.95 Å². The van der Waals surface area contributed by atoms with Crippen LogP contribution in [-0.4, -0.2) is 30.2 Å². The summed E-state index contributed by atoms with van der Waals surface area (Å²) >= 11 is 0. The average Bonchev–Trinajstić information content (AvgIpc) is 2.48. The van der Waals surface area contributed by atoms with Gasteiger partial charge >= 0.3 is 0 Å². The lowest BCUT2D eigenvalue weighted by Gasteiger charge is -2.06. The summed E-state index contributed by atoms with van der Waals surface area (Å²) in [6, 6.07) is 9.67. The Kier molecular flexibility index (Phi) is 4.69. The van der Waals surface area contributed by atoms with Crippen molar-refractivity contribution in [2.45, 2.75) is 6.42 Å². The maximum atomic E-state index is 5.45. The van der Waals surface area contributed by atoms with Gasteiger partial charge in [0.05, 0.1) is 12.8 Å². The highest BCUT2D eigenvalue weighted by Gasteiger charge is 2.02. The molecule has 0 amide bonds. The predicted octanol–water partition coefficient (Wildman–Crippen LogP) is 1.91. The first kappa shape index (κ1) is 13.3.